The predicted octanol–water partition coefficient (Wildman–Crippen LogP) is 2.05. The van der Waals surface area contributed by atoms with Gasteiger partial charge in [0.15, 0.2) is 0 Å². The fourth-order valence-corrected chi connectivity index (χ4v) is 2.39. The molecule has 0 bridgehead atoms. The molecule has 2 N–H and O–H groups in total. The van der Waals surface area contributed by atoms with Crippen LogP contribution >= 0.6 is 11.6 Å². The number of carbonyl (C=O) groups is 1. The van der Waals surface area contributed by atoms with Crippen molar-refractivity contribution in [1.82, 2.24) is 10.3 Å². The van der Waals surface area contributed by atoms with Crippen LogP contribution < -0.4 is 5.32 Å². The Balaban J connectivity index is 1.79. The summed E-state index contributed by atoms with van der Waals surface area (Å²) in [6.07, 6.45) is 5.28. The molecule has 1 aromatic heterocycles. The molecule has 0 atom stereocenters. The maximum absolute atomic E-state index is 11.7. The minimum atomic E-state index is -0.789. The van der Waals surface area contributed by atoms with Crippen LogP contribution in [-0.4, -0.2) is 21.6 Å². The molecule has 0 radical (unpaired) electrons. The van der Waals surface area contributed by atoms with Gasteiger partial charge in [-0.05, 0) is 24.5 Å². The Labute approximate surface area is 111 Å². The van der Waals surface area contributed by atoms with Crippen LogP contribution in [0.3, 0.4) is 0 Å². The minimum absolute atomic E-state index is 0.116. The van der Waals surface area contributed by atoms with Crippen LogP contribution in [0.4, 0.5) is 0 Å². The number of nitrogens with zero attached hydrogens (tertiary/aromatic N) is 1. The molecule has 4 nitrogen and oxygen atoms in total. The maximum Gasteiger partial charge on any atom is 0.223 e. The lowest BCUT2D eigenvalue weighted by Gasteiger charge is -2.21. The molecule has 1 fully saturated rings. The minimum Gasteiger partial charge on any atom is -0.389 e. The summed E-state index contributed by atoms with van der Waals surface area (Å²) >= 11 is 5.67. The summed E-state index contributed by atoms with van der Waals surface area (Å²) in [7, 11) is 0. The van der Waals surface area contributed by atoms with Crippen molar-refractivity contribution < 1.29 is 9.90 Å². The Hall–Kier alpha value is -1.13. The zero-order valence-electron chi connectivity index (χ0n) is 10.2. The molecule has 5 heteroatoms. The van der Waals surface area contributed by atoms with Gasteiger partial charge in [0.1, 0.15) is 5.15 Å². The van der Waals surface area contributed by atoms with Crippen LogP contribution in [0.5, 0.6) is 0 Å². The molecule has 0 aliphatic heterocycles. The number of nitrogens with one attached hydrogen (secondary N) is 1. The van der Waals surface area contributed by atoms with Gasteiger partial charge in [-0.25, -0.2) is 4.98 Å². The number of aromatic nitrogens is 1. The van der Waals surface area contributed by atoms with Gasteiger partial charge in [-0.2, -0.15) is 0 Å². The molecule has 1 saturated carbocycles. The lowest BCUT2D eigenvalue weighted by molar-refractivity contribution is -0.126. The van der Waals surface area contributed by atoms with E-state index in [1.165, 1.54) is 0 Å². The van der Waals surface area contributed by atoms with Gasteiger partial charge in [0.2, 0.25) is 5.91 Å². The number of hydrogen-bond donors (Lipinski definition) is 2. The van der Waals surface area contributed by atoms with E-state index in [1.807, 2.05) is 6.07 Å². The van der Waals surface area contributed by atoms with Gasteiger partial charge >= 0.3 is 0 Å². The second kappa shape index (κ2) is 5.67. The van der Waals surface area contributed by atoms with E-state index in [4.69, 9.17) is 11.6 Å². The largest absolute Gasteiger partial charge is 0.389 e. The lowest BCUT2D eigenvalue weighted by atomic mass is 9.98. The highest BCUT2D eigenvalue weighted by Crippen LogP contribution is 2.32. The van der Waals surface area contributed by atoms with Crippen molar-refractivity contribution in [3.8, 4) is 0 Å². The van der Waals surface area contributed by atoms with Gasteiger partial charge in [-0.1, -0.05) is 30.5 Å². The van der Waals surface area contributed by atoms with E-state index < -0.39 is 5.60 Å². The number of pyridine rings is 1. The first-order valence-electron chi connectivity index (χ1n) is 6.17. The molecule has 1 aliphatic rings. The van der Waals surface area contributed by atoms with Crippen molar-refractivity contribution in [3.05, 3.63) is 29.0 Å². The molecule has 1 amide bonds. The SMILES string of the molecule is O=C(CC1(O)CCCC1)NCc1ccc(Cl)nc1. The summed E-state index contributed by atoms with van der Waals surface area (Å²) in [5.41, 5.74) is 0.105. The van der Waals surface area contributed by atoms with Crippen molar-refractivity contribution in [1.29, 1.82) is 0 Å². The van der Waals surface area contributed by atoms with Crippen LogP contribution in [-0.2, 0) is 11.3 Å². The monoisotopic (exact) mass is 268 g/mol. The number of carbonyl (C=O) groups excluding carboxylic acids is 1. The highest BCUT2D eigenvalue weighted by molar-refractivity contribution is 6.29. The zero-order chi connectivity index (χ0) is 13.0. The van der Waals surface area contributed by atoms with Crippen LogP contribution in [0, 0.1) is 0 Å². The Bertz CT molecular complexity index is 414. The first-order chi connectivity index (χ1) is 8.57. The van der Waals surface area contributed by atoms with Crippen LogP contribution in [0.15, 0.2) is 18.3 Å². The Morgan fingerprint density at radius 1 is 1.44 bits per heavy atom. The van der Waals surface area contributed by atoms with Gasteiger partial charge < -0.3 is 10.4 Å². The van der Waals surface area contributed by atoms with E-state index in [9.17, 15) is 9.90 Å². The third-order valence-electron chi connectivity index (χ3n) is 3.30. The number of aliphatic hydroxyl groups is 1. The van der Waals surface area contributed by atoms with Gasteiger partial charge in [0.25, 0.3) is 0 Å². The average Bonchev–Trinajstić information content (AvgIpc) is 2.75. The standard InChI is InChI=1S/C13H17ClN2O2/c14-11-4-3-10(8-15-11)9-16-12(17)7-13(18)5-1-2-6-13/h3-4,8,18H,1-2,5-7,9H2,(H,16,17). The van der Waals surface area contributed by atoms with Gasteiger partial charge in [-0.15, -0.1) is 0 Å². The van der Waals surface area contributed by atoms with E-state index in [0.717, 1.165) is 31.2 Å². The fourth-order valence-electron chi connectivity index (χ4n) is 2.28. The van der Waals surface area contributed by atoms with Gasteiger partial charge in [0, 0.05) is 12.7 Å². The summed E-state index contributed by atoms with van der Waals surface area (Å²) in [4.78, 5) is 15.7. The van der Waals surface area contributed by atoms with E-state index in [1.54, 1.807) is 12.3 Å². The molecular formula is C13H17ClN2O2. The van der Waals surface area contributed by atoms with Crippen molar-refractivity contribution in [3.63, 3.8) is 0 Å². The second-order valence-corrected chi connectivity index (χ2v) is 5.26. The van der Waals surface area contributed by atoms with Crippen molar-refractivity contribution >= 4 is 17.5 Å². The fraction of sp³-hybridized carbons (Fsp3) is 0.538. The molecule has 2 rings (SSSR count). The highest BCUT2D eigenvalue weighted by Gasteiger charge is 2.33. The summed E-state index contributed by atoms with van der Waals surface area (Å²) in [5, 5.41) is 13.3. The van der Waals surface area contributed by atoms with Crippen molar-refractivity contribution in [2.75, 3.05) is 0 Å². The smallest absolute Gasteiger partial charge is 0.223 e. The normalized spacial score (nSPS) is 17.7. The van der Waals surface area contributed by atoms with Gasteiger partial charge in [0.05, 0.1) is 12.0 Å². The third-order valence-corrected chi connectivity index (χ3v) is 3.53. The molecule has 1 heterocycles. The zero-order valence-corrected chi connectivity index (χ0v) is 10.9. The maximum atomic E-state index is 11.7. The molecule has 98 valence electrons. The molecule has 1 aromatic rings. The number of hydrogen-bond acceptors (Lipinski definition) is 3. The van der Waals surface area contributed by atoms with Gasteiger partial charge in [-0.3, -0.25) is 4.79 Å². The van der Waals surface area contributed by atoms with Crippen LogP contribution in [0.2, 0.25) is 5.15 Å². The molecule has 0 aromatic carbocycles. The first-order valence-corrected chi connectivity index (χ1v) is 6.55. The molecule has 1 aliphatic carbocycles. The predicted molar refractivity (Wildman–Crippen MR) is 69.1 cm³/mol. The quantitative estimate of drug-likeness (QED) is 0.822. The summed E-state index contributed by atoms with van der Waals surface area (Å²) in [6, 6.07) is 3.51. The first kappa shape index (κ1) is 13.3. The lowest BCUT2D eigenvalue weighted by Crippen LogP contribution is -2.34. The molecular weight excluding hydrogens is 252 g/mol. The summed E-state index contributed by atoms with van der Waals surface area (Å²) in [5.74, 6) is -0.116. The van der Waals surface area contributed by atoms with E-state index >= 15 is 0 Å². The molecule has 18 heavy (non-hydrogen) atoms. The summed E-state index contributed by atoms with van der Waals surface area (Å²) < 4.78 is 0. The Morgan fingerprint density at radius 2 is 2.17 bits per heavy atom. The van der Waals surface area contributed by atoms with Crippen LogP contribution in [0.25, 0.3) is 0 Å². The van der Waals surface area contributed by atoms with E-state index in [2.05, 4.69) is 10.3 Å². The molecule has 0 spiro atoms. The van der Waals surface area contributed by atoms with Crippen molar-refractivity contribution in [2.24, 2.45) is 0 Å². The van der Waals surface area contributed by atoms with Crippen LogP contribution in [0.1, 0.15) is 37.7 Å². The molecule has 0 unspecified atom stereocenters. The third kappa shape index (κ3) is 3.68. The highest BCUT2D eigenvalue weighted by atomic mass is 35.5. The Morgan fingerprint density at radius 3 is 2.78 bits per heavy atom. The van der Waals surface area contributed by atoms with E-state index in [0.29, 0.717) is 11.7 Å². The van der Waals surface area contributed by atoms with E-state index in [-0.39, 0.29) is 12.3 Å². The Kier molecular flexibility index (Phi) is 4.19. The number of amides is 1. The topological polar surface area (TPSA) is 62.2 Å². The average molecular weight is 269 g/mol. The number of rotatable bonds is 4. The number of halogens is 1. The molecule has 0 saturated heterocycles. The van der Waals surface area contributed by atoms with Crippen molar-refractivity contribution in [2.45, 2.75) is 44.2 Å². The second-order valence-electron chi connectivity index (χ2n) is 4.87. The summed E-state index contributed by atoms with van der Waals surface area (Å²) in [6.45, 7) is 0.416.